The zero-order chi connectivity index (χ0) is 20.3. The van der Waals surface area contributed by atoms with E-state index in [1.165, 1.54) is 19.4 Å². The fraction of sp³-hybridized carbons (Fsp3) is 0.455. The van der Waals surface area contributed by atoms with Gasteiger partial charge in [-0.05, 0) is 91.2 Å². The van der Waals surface area contributed by atoms with Gasteiger partial charge in [-0.2, -0.15) is 13.2 Å². The quantitative estimate of drug-likeness (QED) is 0.428. The van der Waals surface area contributed by atoms with Crippen LogP contribution < -0.4 is 4.74 Å². The minimum Gasteiger partial charge on any atom is -0.489 e. The monoisotopic (exact) mass is 503 g/mol. The van der Waals surface area contributed by atoms with Gasteiger partial charge in [0.1, 0.15) is 12.4 Å². The zero-order valence-corrected chi connectivity index (χ0v) is 18.3. The van der Waals surface area contributed by atoms with E-state index in [1.54, 1.807) is 6.07 Å². The minimum absolute atomic E-state index is 0.195. The van der Waals surface area contributed by atoms with E-state index < -0.39 is 11.7 Å². The van der Waals surface area contributed by atoms with Gasteiger partial charge in [0, 0.05) is 21.7 Å². The summed E-state index contributed by atoms with van der Waals surface area (Å²) in [6, 6.07) is 11.1. The molecule has 6 heteroatoms. The van der Waals surface area contributed by atoms with Crippen molar-refractivity contribution in [1.82, 2.24) is 4.90 Å². The first-order chi connectivity index (χ1) is 13.2. The van der Waals surface area contributed by atoms with Crippen LogP contribution in [0.3, 0.4) is 0 Å². The van der Waals surface area contributed by atoms with Crippen LogP contribution in [0.4, 0.5) is 13.2 Å². The summed E-state index contributed by atoms with van der Waals surface area (Å²) in [5.74, 6) is 0.544. The molecule has 0 bridgehead atoms. The summed E-state index contributed by atoms with van der Waals surface area (Å²) >= 11 is 2.24. The van der Waals surface area contributed by atoms with Gasteiger partial charge in [-0.1, -0.05) is 18.6 Å². The van der Waals surface area contributed by atoms with Crippen molar-refractivity contribution in [3.05, 3.63) is 62.2 Å². The number of aryl methyl sites for hydroxylation is 1. The van der Waals surface area contributed by atoms with Crippen LogP contribution in [0.25, 0.3) is 0 Å². The highest BCUT2D eigenvalue weighted by atomic mass is 127. The third-order valence-corrected chi connectivity index (χ3v) is 5.98. The Bertz CT molecular complexity index is 822. The first-order valence-electron chi connectivity index (χ1n) is 9.56. The molecule has 0 radical (unpaired) electrons. The number of hydrogen-bond donors (Lipinski definition) is 0. The van der Waals surface area contributed by atoms with Gasteiger partial charge in [0.25, 0.3) is 0 Å². The van der Waals surface area contributed by atoms with E-state index in [4.69, 9.17) is 4.74 Å². The van der Waals surface area contributed by atoms with Crippen molar-refractivity contribution in [1.29, 1.82) is 0 Å². The van der Waals surface area contributed by atoms with Gasteiger partial charge >= 0.3 is 6.18 Å². The van der Waals surface area contributed by atoms with Gasteiger partial charge in [-0.3, -0.25) is 4.90 Å². The molecule has 1 fully saturated rings. The molecule has 0 saturated carbocycles. The Morgan fingerprint density at radius 1 is 1.18 bits per heavy atom. The van der Waals surface area contributed by atoms with Crippen LogP contribution in [0.15, 0.2) is 36.4 Å². The molecule has 1 saturated heterocycles. The Labute approximate surface area is 178 Å². The lowest BCUT2D eigenvalue weighted by atomic mass is 9.99. The average Bonchev–Trinajstić information content (AvgIpc) is 2.62. The van der Waals surface area contributed by atoms with E-state index in [1.807, 2.05) is 24.3 Å². The standard InChI is InChI=1S/C22H25F3INO/c1-15-10-21(28-14-17-7-5-8-19(26)11-17)18(12-20(15)22(23,24)25)13-27-9-4-3-6-16(27)2/h5,7-8,10-12,16H,3-4,6,9,13-14H2,1-2H3/t16-/m1/s1. The Morgan fingerprint density at radius 3 is 2.64 bits per heavy atom. The molecule has 0 unspecified atom stereocenters. The van der Waals surface area contributed by atoms with Crippen LogP contribution in [0.2, 0.25) is 0 Å². The molecule has 2 aromatic carbocycles. The van der Waals surface area contributed by atoms with Gasteiger partial charge in [-0.15, -0.1) is 0 Å². The van der Waals surface area contributed by atoms with Crippen molar-refractivity contribution in [2.45, 2.75) is 58.5 Å². The first-order valence-corrected chi connectivity index (χ1v) is 10.6. The number of likely N-dealkylation sites (tertiary alicyclic amines) is 1. The second-order valence-electron chi connectivity index (χ2n) is 7.51. The highest BCUT2D eigenvalue weighted by molar-refractivity contribution is 14.1. The van der Waals surface area contributed by atoms with Gasteiger partial charge in [0.05, 0.1) is 5.56 Å². The maximum atomic E-state index is 13.5. The van der Waals surface area contributed by atoms with Crippen molar-refractivity contribution in [2.75, 3.05) is 6.54 Å². The molecule has 0 aromatic heterocycles. The van der Waals surface area contributed by atoms with E-state index in [2.05, 4.69) is 34.4 Å². The normalized spacial score (nSPS) is 18.3. The molecule has 1 aliphatic rings. The Kier molecular flexibility index (Phi) is 6.91. The third-order valence-electron chi connectivity index (χ3n) is 5.31. The van der Waals surface area contributed by atoms with E-state index in [0.29, 0.717) is 30.5 Å². The van der Waals surface area contributed by atoms with Crippen LogP contribution in [-0.2, 0) is 19.3 Å². The van der Waals surface area contributed by atoms with Crippen LogP contribution in [0.1, 0.15) is 48.4 Å². The Hall–Kier alpha value is -1.28. The van der Waals surface area contributed by atoms with Crippen molar-refractivity contribution >= 4 is 22.6 Å². The van der Waals surface area contributed by atoms with E-state index in [-0.39, 0.29) is 5.56 Å². The van der Waals surface area contributed by atoms with Gasteiger partial charge in [0.15, 0.2) is 0 Å². The molecule has 3 rings (SSSR count). The molecule has 152 valence electrons. The molecule has 0 N–H and O–H groups in total. The molecule has 28 heavy (non-hydrogen) atoms. The number of benzene rings is 2. The number of alkyl halides is 3. The topological polar surface area (TPSA) is 12.5 Å². The van der Waals surface area contributed by atoms with Crippen LogP contribution in [0.5, 0.6) is 5.75 Å². The summed E-state index contributed by atoms with van der Waals surface area (Å²) in [6.45, 7) is 5.36. The second kappa shape index (κ2) is 9.03. The average molecular weight is 503 g/mol. The maximum Gasteiger partial charge on any atom is 0.416 e. The smallest absolute Gasteiger partial charge is 0.416 e. The zero-order valence-electron chi connectivity index (χ0n) is 16.2. The molecule has 0 amide bonds. The van der Waals surface area contributed by atoms with Crippen molar-refractivity contribution in [3.63, 3.8) is 0 Å². The fourth-order valence-corrected chi connectivity index (χ4v) is 4.30. The minimum atomic E-state index is -4.36. The lowest BCUT2D eigenvalue weighted by molar-refractivity contribution is -0.138. The second-order valence-corrected chi connectivity index (χ2v) is 8.75. The van der Waals surface area contributed by atoms with E-state index in [9.17, 15) is 13.2 Å². The summed E-state index contributed by atoms with van der Waals surface area (Å²) in [7, 11) is 0. The summed E-state index contributed by atoms with van der Waals surface area (Å²) in [5, 5.41) is 0. The molecule has 1 atom stereocenters. The number of nitrogens with zero attached hydrogens (tertiary/aromatic N) is 1. The molecule has 2 nitrogen and oxygen atoms in total. The molecule has 0 aliphatic carbocycles. The molecular formula is C22H25F3INO. The molecular weight excluding hydrogens is 478 g/mol. The molecule has 0 spiro atoms. The predicted octanol–water partition coefficient (Wildman–Crippen LogP) is 6.57. The SMILES string of the molecule is Cc1cc(OCc2cccc(I)c2)c(CN2CCCC[C@H]2C)cc1C(F)(F)F. The van der Waals surface area contributed by atoms with Crippen LogP contribution >= 0.6 is 22.6 Å². The summed E-state index contributed by atoms with van der Waals surface area (Å²) in [6.07, 6.45) is -1.02. The summed E-state index contributed by atoms with van der Waals surface area (Å²) < 4.78 is 47.5. The first kappa shape index (κ1) is 21.4. The van der Waals surface area contributed by atoms with Gasteiger partial charge < -0.3 is 4.74 Å². The van der Waals surface area contributed by atoms with Gasteiger partial charge in [0.2, 0.25) is 0 Å². The molecule has 1 heterocycles. The number of hydrogen-bond acceptors (Lipinski definition) is 2. The van der Waals surface area contributed by atoms with Gasteiger partial charge in [-0.25, -0.2) is 0 Å². The van der Waals surface area contributed by atoms with Crippen LogP contribution in [0, 0.1) is 10.5 Å². The van der Waals surface area contributed by atoms with E-state index in [0.717, 1.165) is 28.5 Å². The fourth-order valence-electron chi connectivity index (χ4n) is 3.69. The third kappa shape index (κ3) is 5.41. The number of rotatable bonds is 5. The largest absolute Gasteiger partial charge is 0.489 e. The van der Waals surface area contributed by atoms with E-state index >= 15 is 0 Å². The molecule has 2 aromatic rings. The Morgan fingerprint density at radius 2 is 1.96 bits per heavy atom. The lowest BCUT2D eigenvalue weighted by Crippen LogP contribution is -2.36. The number of piperidine rings is 1. The summed E-state index contributed by atoms with van der Waals surface area (Å²) in [5.41, 5.74) is 1.23. The van der Waals surface area contributed by atoms with Crippen molar-refractivity contribution in [2.24, 2.45) is 0 Å². The Balaban J connectivity index is 1.89. The van der Waals surface area contributed by atoms with Crippen molar-refractivity contribution < 1.29 is 17.9 Å². The van der Waals surface area contributed by atoms with Crippen LogP contribution in [-0.4, -0.2) is 17.5 Å². The summed E-state index contributed by atoms with van der Waals surface area (Å²) in [4.78, 5) is 2.26. The highest BCUT2D eigenvalue weighted by Crippen LogP contribution is 2.37. The molecule has 1 aliphatic heterocycles. The predicted molar refractivity (Wildman–Crippen MR) is 113 cm³/mol. The highest BCUT2D eigenvalue weighted by Gasteiger charge is 2.34. The van der Waals surface area contributed by atoms with Crippen molar-refractivity contribution in [3.8, 4) is 5.75 Å². The lowest BCUT2D eigenvalue weighted by Gasteiger charge is -2.34. The maximum absolute atomic E-state index is 13.5. The number of ether oxygens (including phenoxy) is 1. The number of halogens is 4.